The third-order valence-electron chi connectivity index (χ3n) is 2.83. The SMILES string of the molecule is O=c1[nH]ccc(I)c1-c1nc2c([N+](=O)[O-])cccc2[nH]1. The summed E-state index contributed by atoms with van der Waals surface area (Å²) in [7, 11) is 0. The highest BCUT2D eigenvalue weighted by Gasteiger charge is 2.18. The summed E-state index contributed by atoms with van der Waals surface area (Å²) in [6.07, 6.45) is 1.54. The van der Waals surface area contributed by atoms with Gasteiger partial charge in [0.2, 0.25) is 0 Å². The van der Waals surface area contributed by atoms with Gasteiger partial charge in [-0.2, -0.15) is 0 Å². The minimum absolute atomic E-state index is 0.0904. The number of halogens is 1. The number of H-pyrrole nitrogens is 2. The summed E-state index contributed by atoms with van der Waals surface area (Å²) in [4.78, 5) is 32.1. The normalized spacial score (nSPS) is 10.8. The lowest BCUT2D eigenvalue weighted by Gasteiger charge is -1.97. The van der Waals surface area contributed by atoms with Crippen LogP contribution in [0.2, 0.25) is 0 Å². The summed E-state index contributed by atoms with van der Waals surface area (Å²) in [5.41, 5.74) is 0.754. The first-order valence-electron chi connectivity index (χ1n) is 5.58. The monoisotopic (exact) mass is 382 g/mol. The van der Waals surface area contributed by atoms with Crippen LogP contribution in [0.1, 0.15) is 0 Å². The van der Waals surface area contributed by atoms with Crippen LogP contribution in [0.3, 0.4) is 0 Å². The van der Waals surface area contributed by atoms with Gasteiger partial charge in [0.15, 0.2) is 5.52 Å². The molecule has 0 saturated heterocycles. The lowest BCUT2D eigenvalue weighted by molar-refractivity contribution is -0.383. The number of nitro groups is 1. The first-order valence-corrected chi connectivity index (χ1v) is 6.66. The van der Waals surface area contributed by atoms with Crippen molar-refractivity contribution in [2.45, 2.75) is 0 Å². The van der Waals surface area contributed by atoms with Crippen LogP contribution in [0.5, 0.6) is 0 Å². The number of para-hydroxylation sites is 1. The molecule has 0 bridgehead atoms. The van der Waals surface area contributed by atoms with Gasteiger partial charge in [0.1, 0.15) is 5.82 Å². The van der Waals surface area contributed by atoms with E-state index in [9.17, 15) is 14.9 Å². The quantitative estimate of drug-likeness (QED) is 0.404. The van der Waals surface area contributed by atoms with Gasteiger partial charge in [-0.15, -0.1) is 0 Å². The molecule has 2 aromatic heterocycles. The number of nitro benzene ring substituents is 1. The Balaban J connectivity index is 2.32. The molecule has 2 N–H and O–H groups in total. The predicted molar refractivity (Wildman–Crippen MR) is 81.5 cm³/mol. The highest BCUT2D eigenvalue weighted by Crippen LogP contribution is 2.27. The Morgan fingerprint density at radius 1 is 1.30 bits per heavy atom. The van der Waals surface area contributed by atoms with E-state index in [0.29, 0.717) is 20.5 Å². The van der Waals surface area contributed by atoms with Gasteiger partial charge >= 0.3 is 0 Å². The molecule has 0 spiro atoms. The number of fused-ring (bicyclic) bond motifs is 1. The van der Waals surface area contributed by atoms with Crippen molar-refractivity contribution in [2.75, 3.05) is 0 Å². The molecular formula is C12H7IN4O3. The van der Waals surface area contributed by atoms with E-state index >= 15 is 0 Å². The molecule has 0 amide bonds. The molecule has 3 aromatic rings. The number of rotatable bonds is 2. The van der Waals surface area contributed by atoms with Crippen LogP contribution in [0, 0.1) is 13.7 Å². The van der Waals surface area contributed by atoms with E-state index in [-0.39, 0.29) is 16.8 Å². The molecule has 0 fully saturated rings. The van der Waals surface area contributed by atoms with Gasteiger partial charge in [0.05, 0.1) is 16.0 Å². The van der Waals surface area contributed by atoms with Crippen molar-refractivity contribution in [1.29, 1.82) is 0 Å². The maximum Gasteiger partial charge on any atom is 0.297 e. The third kappa shape index (κ3) is 1.97. The van der Waals surface area contributed by atoms with Crippen molar-refractivity contribution < 1.29 is 4.92 Å². The van der Waals surface area contributed by atoms with Crippen molar-refractivity contribution in [1.82, 2.24) is 15.0 Å². The van der Waals surface area contributed by atoms with Gasteiger partial charge in [0, 0.05) is 15.8 Å². The van der Waals surface area contributed by atoms with Crippen LogP contribution < -0.4 is 5.56 Å². The summed E-state index contributed by atoms with van der Waals surface area (Å²) in [5, 5.41) is 11.0. The number of nitrogens with one attached hydrogen (secondary N) is 2. The average molecular weight is 382 g/mol. The van der Waals surface area contributed by atoms with Gasteiger partial charge in [-0.1, -0.05) is 6.07 Å². The number of pyridine rings is 1. The Labute approximate surface area is 125 Å². The fraction of sp³-hybridized carbons (Fsp3) is 0. The number of aromatic nitrogens is 3. The van der Waals surface area contributed by atoms with Crippen LogP contribution in [0.15, 0.2) is 35.3 Å². The first-order chi connectivity index (χ1) is 9.58. The molecule has 20 heavy (non-hydrogen) atoms. The molecule has 0 aliphatic carbocycles. The second-order valence-corrected chi connectivity index (χ2v) is 5.21. The Morgan fingerprint density at radius 3 is 2.80 bits per heavy atom. The number of nitrogens with zero attached hydrogens (tertiary/aromatic N) is 2. The zero-order valence-electron chi connectivity index (χ0n) is 9.88. The molecule has 3 rings (SSSR count). The molecule has 1 aromatic carbocycles. The van der Waals surface area contributed by atoms with E-state index in [0.717, 1.165) is 0 Å². The fourth-order valence-electron chi connectivity index (χ4n) is 1.96. The Kier molecular flexibility index (Phi) is 3.01. The summed E-state index contributed by atoms with van der Waals surface area (Å²) in [6.45, 7) is 0. The molecule has 0 saturated carbocycles. The highest BCUT2D eigenvalue weighted by molar-refractivity contribution is 14.1. The molecule has 8 heteroatoms. The number of imidazole rings is 1. The topological polar surface area (TPSA) is 105 Å². The predicted octanol–water partition coefficient (Wildman–Crippen LogP) is 2.43. The maximum absolute atomic E-state index is 11.9. The first kappa shape index (κ1) is 12.8. The third-order valence-corrected chi connectivity index (χ3v) is 3.73. The zero-order chi connectivity index (χ0) is 14.3. The van der Waals surface area contributed by atoms with Crippen molar-refractivity contribution in [3.63, 3.8) is 0 Å². The summed E-state index contributed by atoms with van der Waals surface area (Å²) in [5.74, 6) is 0.320. The highest BCUT2D eigenvalue weighted by atomic mass is 127. The van der Waals surface area contributed by atoms with Crippen LogP contribution >= 0.6 is 22.6 Å². The van der Waals surface area contributed by atoms with E-state index in [1.807, 2.05) is 22.6 Å². The second kappa shape index (κ2) is 4.71. The molecule has 0 atom stereocenters. The smallest absolute Gasteiger partial charge is 0.297 e. The minimum atomic E-state index is -0.493. The minimum Gasteiger partial charge on any atom is -0.338 e. The van der Waals surface area contributed by atoms with E-state index < -0.39 is 4.92 Å². The second-order valence-electron chi connectivity index (χ2n) is 4.05. The summed E-state index contributed by atoms with van der Waals surface area (Å²) in [6, 6.07) is 6.37. The number of benzene rings is 1. The standard InChI is InChI=1S/C12H7IN4O3/c13-6-4-5-14-12(18)9(6)11-15-7-2-1-3-8(17(19)20)10(7)16-11/h1-5H,(H,14,18)(H,15,16). The lowest BCUT2D eigenvalue weighted by Crippen LogP contribution is -2.10. The number of hydrogen-bond acceptors (Lipinski definition) is 4. The molecule has 0 unspecified atom stereocenters. The Hall–Kier alpha value is -2.23. The van der Waals surface area contributed by atoms with Gasteiger partial charge in [-0.3, -0.25) is 14.9 Å². The van der Waals surface area contributed by atoms with Gasteiger partial charge in [-0.05, 0) is 34.7 Å². The molecule has 100 valence electrons. The van der Waals surface area contributed by atoms with Crippen molar-refractivity contribution in [3.8, 4) is 11.4 Å². The van der Waals surface area contributed by atoms with Crippen molar-refractivity contribution in [3.05, 3.63) is 54.5 Å². The largest absolute Gasteiger partial charge is 0.338 e. The zero-order valence-corrected chi connectivity index (χ0v) is 12.0. The molecule has 0 radical (unpaired) electrons. The van der Waals surface area contributed by atoms with Crippen LogP contribution in [0.4, 0.5) is 5.69 Å². The number of hydrogen-bond donors (Lipinski definition) is 2. The van der Waals surface area contributed by atoms with Gasteiger partial charge in [-0.25, -0.2) is 4.98 Å². The van der Waals surface area contributed by atoms with Crippen LogP contribution in [-0.2, 0) is 0 Å². The lowest BCUT2D eigenvalue weighted by atomic mass is 10.3. The van der Waals surface area contributed by atoms with Crippen LogP contribution in [-0.4, -0.2) is 19.9 Å². The molecule has 7 nitrogen and oxygen atoms in total. The Bertz CT molecular complexity index is 884. The van der Waals surface area contributed by atoms with E-state index in [1.165, 1.54) is 6.07 Å². The van der Waals surface area contributed by atoms with Crippen LogP contribution in [0.25, 0.3) is 22.4 Å². The molecular weight excluding hydrogens is 375 g/mol. The molecule has 0 aliphatic rings. The van der Waals surface area contributed by atoms with Gasteiger partial charge in [0.25, 0.3) is 11.2 Å². The molecule has 0 aliphatic heterocycles. The summed E-state index contributed by atoms with van der Waals surface area (Å²) >= 11 is 2.02. The van der Waals surface area contributed by atoms with E-state index in [4.69, 9.17) is 0 Å². The summed E-state index contributed by atoms with van der Waals surface area (Å²) < 4.78 is 0.716. The number of aromatic amines is 2. The Morgan fingerprint density at radius 2 is 2.10 bits per heavy atom. The maximum atomic E-state index is 11.9. The van der Waals surface area contributed by atoms with Crippen molar-refractivity contribution in [2.24, 2.45) is 0 Å². The fourth-order valence-corrected chi connectivity index (χ4v) is 2.64. The van der Waals surface area contributed by atoms with E-state index in [2.05, 4.69) is 15.0 Å². The molecule has 2 heterocycles. The van der Waals surface area contributed by atoms with Crippen molar-refractivity contribution >= 4 is 39.3 Å². The average Bonchev–Trinajstić information content (AvgIpc) is 2.81. The van der Waals surface area contributed by atoms with Gasteiger partial charge < -0.3 is 9.97 Å². The number of non-ortho nitro benzene ring substituents is 1. The van der Waals surface area contributed by atoms with E-state index in [1.54, 1.807) is 24.4 Å².